The zero-order valence-electron chi connectivity index (χ0n) is 19.6. The summed E-state index contributed by atoms with van der Waals surface area (Å²) < 4.78 is 62.8. The Morgan fingerprint density at radius 2 is 2.00 bits per heavy atom. The van der Waals surface area contributed by atoms with Crippen molar-refractivity contribution < 1.29 is 31.8 Å². The Balaban J connectivity index is 1.44. The minimum Gasteiger partial charge on any atom is -0.475 e. The summed E-state index contributed by atoms with van der Waals surface area (Å²) in [7, 11) is 0. The van der Waals surface area contributed by atoms with E-state index < -0.39 is 24.0 Å². The number of para-hydroxylation sites is 1. The lowest BCUT2D eigenvalue weighted by Crippen LogP contribution is -2.55. The van der Waals surface area contributed by atoms with E-state index in [1.165, 1.54) is 6.07 Å². The minimum atomic E-state index is -4.48. The Kier molecular flexibility index (Phi) is 6.22. The molecule has 10 heteroatoms. The number of amides is 1. The number of likely N-dealkylation sites (tertiary alicyclic amines) is 1. The molecule has 190 valence electrons. The third-order valence-corrected chi connectivity index (χ3v) is 7.23. The summed E-state index contributed by atoms with van der Waals surface area (Å²) in [5, 5.41) is 0.754. The number of rotatable bonds is 7. The number of carbonyl (C=O) groups is 1. The summed E-state index contributed by atoms with van der Waals surface area (Å²) in [5.74, 6) is 0.112. The van der Waals surface area contributed by atoms with Crippen LogP contribution in [0.5, 0.6) is 11.8 Å². The molecule has 1 aliphatic heterocycles. The van der Waals surface area contributed by atoms with Crippen LogP contribution in [0.25, 0.3) is 10.9 Å². The maximum Gasteiger partial charge on any atom is 0.417 e. The number of aromatic nitrogens is 2. The van der Waals surface area contributed by atoms with Gasteiger partial charge in [-0.25, -0.2) is 14.4 Å². The van der Waals surface area contributed by atoms with Gasteiger partial charge in [0.05, 0.1) is 16.6 Å². The van der Waals surface area contributed by atoms with E-state index in [0.717, 1.165) is 24.1 Å². The molecular formula is C26H25F4N3O3. The summed E-state index contributed by atoms with van der Waals surface area (Å²) in [4.78, 5) is 24.0. The van der Waals surface area contributed by atoms with E-state index in [1.54, 1.807) is 17.0 Å². The quantitative estimate of drug-likeness (QED) is 0.401. The molecule has 0 spiro atoms. The van der Waals surface area contributed by atoms with Gasteiger partial charge in [0, 0.05) is 23.7 Å². The van der Waals surface area contributed by atoms with Crippen LogP contribution in [0.15, 0.2) is 48.7 Å². The highest BCUT2D eigenvalue weighted by molar-refractivity contribution is 6.00. The topological polar surface area (TPSA) is 64.5 Å². The number of carbonyl (C=O) groups excluding carboxylic acids is 1. The molecule has 36 heavy (non-hydrogen) atoms. The van der Waals surface area contributed by atoms with E-state index in [-0.39, 0.29) is 48.4 Å². The number of nitrogens with zero attached hydrogens (tertiary/aromatic N) is 3. The van der Waals surface area contributed by atoms with Crippen molar-refractivity contribution in [3.63, 3.8) is 0 Å². The predicted octanol–water partition coefficient (Wildman–Crippen LogP) is 5.46. The van der Waals surface area contributed by atoms with Crippen molar-refractivity contribution in [2.24, 2.45) is 5.92 Å². The third kappa shape index (κ3) is 4.33. The molecule has 1 amide bonds. The Bertz CT molecular complexity index is 1270. The first kappa shape index (κ1) is 24.3. The minimum absolute atomic E-state index is 0.0621. The summed E-state index contributed by atoms with van der Waals surface area (Å²) >= 11 is 0. The van der Waals surface area contributed by atoms with Gasteiger partial charge in [-0.15, -0.1) is 0 Å². The van der Waals surface area contributed by atoms with Crippen LogP contribution < -0.4 is 9.47 Å². The van der Waals surface area contributed by atoms with E-state index in [4.69, 9.17) is 9.47 Å². The molecule has 3 unspecified atom stereocenters. The fraction of sp³-hybridized carbons (Fsp3) is 0.423. The molecule has 6 nitrogen and oxygen atoms in total. The molecule has 2 bridgehead atoms. The Hall–Kier alpha value is -3.43. The van der Waals surface area contributed by atoms with E-state index in [1.807, 2.05) is 25.1 Å². The van der Waals surface area contributed by atoms with Crippen molar-refractivity contribution in [3.05, 3.63) is 59.8 Å². The fourth-order valence-corrected chi connectivity index (χ4v) is 5.49. The monoisotopic (exact) mass is 503 g/mol. The van der Waals surface area contributed by atoms with Gasteiger partial charge in [0.25, 0.3) is 5.91 Å². The maximum atomic E-state index is 14.0. The normalized spacial score (nSPS) is 23.3. The highest BCUT2D eigenvalue weighted by atomic mass is 19.4. The number of pyridine rings is 2. The fourth-order valence-electron chi connectivity index (χ4n) is 5.49. The third-order valence-electron chi connectivity index (χ3n) is 7.23. The molecule has 0 radical (unpaired) electrons. The van der Waals surface area contributed by atoms with E-state index in [0.29, 0.717) is 18.4 Å². The van der Waals surface area contributed by atoms with Crippen LogP contribution >= 0.6 is 0 Å². The standard InChI is InChI=1S/C26H25F4N3O3/c1-16-18-8-9-25(13-18,15-36-22-7-6-19(14-31-22)26(28,29)30)33(16)24(34)20-12-17-4-2-3-5-21(17)32-23(20)35-11-10-27/h2-7,12,14,16,18H,8-11,13,15H2,1H3. The smallest absolute Gasteiger partial charge is 0.417 e. The molecular weight excluding hydrogens is 478 g/mol. The summed E-state index contributed by atoms with van der Waals surface area (Å²) in [6, 6.07) is 11.0. The predicted molar refractivity (Wildman–Crippen MR) is 124 cm³/mol. The molecule has 5 rings (SSSR count). The van der Waals surface area contributed by atoms with Gasteiger partial charge in [0.15, 0.2) is 0 Å². The molecule has 1 saturated heterocycles. The summed E-state index contributed by atoms with van der Waals surface area (Å²) in [5.41, 5.74) is -0.627. The van der Waals surface area contributed by atoms with Crippen LogP contribution in [-0.4, -0.2) is 52.2 Å². The van der Waals surface area contributed by atoms with Gasteiger partial charge in [-0.1, -0.05) is 18.2 Å². The van der Waals surface area contributed by atoms with Crippen molar-refractivity contribution in [2.75, 3.05) is 19.9 Å². The van der Waals surface area contributed by atoms with Crippen LogP contribution in [-0.2, 0) is 6.18 Å². The number of hydrogen-bond acceptors (Lipinski definition) is 5. The Morgan fingerprint density at radius 1 is 1.19 bits per heavy atom. The average Bonchev–Trinajstić information content (AvgIpc) is 3.41. The van der Waals surface area contributed by atoms with Gasteiger partial charge < -0.3 is 14.4 Å². The molecule has 2 fully saturated rings. The molecule has 3 atom stereocenters. The lowest BCUT2D eigenvalue weighted by molar-refractivity contribution is -0.137. The first-order valence-corrected chi connectivity index (χ1v) is 11.8. The van der Waals surface area contributed by atoms with Crippen LogP contribution in [0.4, 0.5) is 17.6 Å². The summed E-state index contributed by atoms with van der Waals surface area (Å²) in [6.07, 6.45) is -1.43. The highest BCUT2D eigenvalue weighted by Gasteiger charge is 2.57. The lowest BCUT2D eigenvalue weighted by atomic mass is 9.95. The van der Waals surface area contributed by atoms with E-state index >= 15 is 0 Å². The highest BCUT2D eigenvalue weighted by Crippen LogP contribution is 2.51. The van der Waals surface area contributed by atoms with Crippen LogP contribution in [0.2, 0.25) is 0 Å². The second-order valence-electron chi connectivity index (χ2n) is 9.39. The van der Waals surface area contributed by atoms with Crippen molar-refractivity contribution in [1.82, 2.24) is 14.9 Å². The van der Waals surface area contributed by atoms with E-state index in [2.05, 4.69) is 9.97 Å². The number of ether oxygens (including phenoxy) is 2. The first-order valence-electron chi connectivity index (χ1n) is 11.8. The number of alkyl halides is 4. The van der Waals surface area contributed by atoms with Gasteiger partial charge in [0.1, 0.15) is 25.5 Å². The van der Waals surface area contributed by atoms with Gasteiger partial charge in [0.2, 0.25) is 11.8 Å². The number of halogens is 4. The zero-order chi connectivity index (χ0) is 25.5. The van der Waals surface area contributed by atoms with Gasteiger partial charge in [-0.05, 0) is 50.3 Å². The van der Waals surface area contributed by atoms with Crippen molar-refractivity contribution in [2.45, 2.75) is 43.9 Å². The van der Waals surface area contributed by atoms with Crippen LogP contribution in [0.3, 0.4) is 0 Å². The molecule has 2 aromatic heterocycles. The number of hydrogen-bond donors (Lipinski definition) is 0. The largest absolute Gasteiger partial charge is 0.475 e. The SMILES string of the molecule is CC1C2CCC(COc3ccc(C(F)(F)F)cn3)(C2)N1C(=O)c1cc2ccccc2nc1OCCF. The molecule has 2 aliphatic rings. The van der Waals surface area contributed by atoms with Gasteiger partial charge in [-0.3, -0.25) is 4.79 Å². The van der Waals surface area contributed by atoms with Crippen molar-refractivity contribution >= 4 is 16.8 Å². The average molecular weight is 503 g/mol. The van der Waals surface area contributed by atoms with Gasteiger partial charge in [-0.2, -0.15) is 13.2 Å². The van der Waals surface area contributed by atoms with Crippen LogP contribution in [0, 0.1) is 5.92 Å². The second kappa shape index (κ2) is 9.22. The van der Waals surface area contributed by atoms with Gasteiger partial charge >= 0.3 is 6.18 Å². The van der Waals surface area contributed by atoms with Crippen molar-refractivity contribution in [1.29, 1.82) is 0 Å². The number of fused-ring (bicyclic) bond motifs is 3. The molecule has 0 N–H and O–H groups in total. The van der Waals surface area contributed by atoms with E-state index in [9.17, 15) is 22.4 Å². The molecule has 1 saturated carbocycles. The zero-order valence-corrected chi connectivity index (χ0v) is 19.6. The second-order valence-corrected chi connectivity index (χ2v) is 9.39. The number of benzene rings is 1. The number of piperidine rings is 1. The van der Waals surface area contributed by atoms with Crippen molar-refractivity contribution in [3.8, 4) is 11.8 Å². The Morgan fingerprint density at radius 3 is 2.72 bits per heavy atom. The maximum absolute atomic E-state index is 14.0. The summed E-state index contributed by atoms with van der Waals surface area (Å²) in [6.45, 7) is 1.13. The molecule has 3 aromatic rings. The Labute approximate surface area is 205 Å². The lowest BCUT2D eigenvalue weighted by Gasteiger charge is -2.42. The first-order chi connectivity index (χ1) is 17.2. The molecule has 3 heterocycles. The molecule has 1 aromatic carbocycles. The molecule has 1 aliphatic carbocycles. The van der Waals surface area contributed by atoms with Crippen LogP contribution in [0.1, 0.15) is 42.1 Å².